The van der Waals surface area contributed by atoms with E-state index in [1.807, 2.05) is 66.9 Å². The van der Waals surface area contributed by atoms with Gasteiger partial charge in [0.15, 0.2) is 5.82 Å². The van der Waals surface area contributed by atoms with Gasteiger partial charge in [0.05, 0.1) is 22.9 Å². The van der Waals surface area contributed by atoms with Crippen LogP contribution in [0.2, 0.25) is 0 Å². The van der Waals surface area contributed by atoms with E-state index in [0.717, 1.165) is 60.1 Å². The van der Waals surface area contributed by atoms with Crippen LogP contribution >= 0.6 is 0 Å². The van der Waals surface area contributed by atoms with Crippen LogP contribution in [-0.4, -0.2) is 46.3 Å². The summed E-state index contributed by atoms with van der Waals surface area (Å²) in [5.74, 6) is 1.85. The van der Waals surface area contributed by atoms with Gasteiger partial charge < -0.3 is 9.80 Å². The van der Waals surface area contributed by atoms with Gasteiger partial charge in [0.1, 0.15) is 5.82 Å². The second-order valence-corrected chi connectivity index (χ2v) is 6.83. The fraction of sp³-hybridized carbons (Fsp3) is 0.182. The lowest BCUT2D eigenvalue weighted by Crippen LogP contribution is -2.47. The third-order valence-corrected chi connectivity index (χ3v) is 5.08. The van der Waals surface area contributed by atoms with E-state index in [4.69, 9.17) is 4.98 Å². The van der Waals surface area contributed by atoms with Crippen molar-refractivity contribution >= 4 is 22.7 Å². The quantitative estimate of drug-likeness (QED) is 0.552. The molecule has 5 rings (SSSR count). The Bertz CT molecular complexity index is 1070. The molecule has 0 atom stereocenters. The first kappa shape index (κ1) is 16.6. The van der Waals surface area contributed by atoms with Crippen LogP contribution in [0.5, 0.6) is 0 Å². The van der Waals surface area contributed by atoms with E-state index >= 15 is 0 Å². The van der Waals surface area contributed by atoms with Crippen LogP contribution in [0.25, 0.3) is 22.3 Å². The highest BCUT2D eigenvalue weighted by molar-refractivity contribution is 5.75. The third kappa shape index (κ3) is 3.24. The SMILES string of the molecule is c1ccc(-c2ccc(N3CCN(c4cnc5ccccc5n4)CC3)nn2)cc1. The van der Waals surface area contributed by atoms with Crippen molar-refractivity contribution < 1.29 is 0 Å². The number of hydrogen-bond donors (Lipinski definition) is 0. The van der Waals surface area contributed by atoms with Gasteiger partial charge >= 0.3 is 0 Å². The van der Waals surface area contributed by atoms with Gasteiger partial charge in [-0.05, 0) is 24.3 Å². The van der Waals surface area contributed by atoms with Gasteiger partial charge in [0, 0.05) is 31.7 Å². The molecule has 28 heavy (non-hydrogen) atoms. The first-order valence-corrected chi connectivity index (χ1v) is 9.48. The largest absolute Gasteiger partial charge is 0.352 e. The summed E-state index contributed by atoms with van der Waals surface area (Å²) in [6.45, 7) is 3.53. The minimum atomic E-state index is 0.883. The molecule has 0 unspecified atom stereocenters. The fourth-order valence-corrected chi connectivity index (χ4v) is 3.52. The zero-order valence-corrected chi connectivity index (χ0v) is 15.4. The number of aromatic nitrogens is 4. The molecule has 2 aromatic heterocycles. The zero-order chi connectivity index (χ0) is 18.8. The summed E-state index contributed by atoms with van der Waals surface area (Å²) in [6, 6.07) is 22.2. The predicted molar refractivity (Wildman–Crippen MR) is 111 cm³/mol. The smallest absolute Gasteiger partial charge is 0.151 e. The number of rotatable bonds is 3. The molecule has 0 radical (unpaired) electrons. The summed E-state index contributed by atoms with van der Waals surface area (Å²) >= 11 is 0. The Morgan fingerprint density at radius 3 is 2.00 bits per heavy atom. The molecule has 1 saturated heterocycles. The van der Waals surface area contributed by atoms with Crippen molar-refractivity contribution in [1.29, 1.82) is 0 Å². The average Bonchev–Trinajstić information content (AvgIpc) is 2.80. The molecule has 3 heterocycles. The van der Waals surface area contributed by atoms with Gasteiger partial charge in [-0.3, -0.25) is 4.98 Å². The highest BCUT2D eigenvalue weighted by atomic mass is 15.3. The lowest BCUT2D eigenvalue weighted by atomic mass is 10.1. The van der Waals surface area contributed by atoms with E-state index in [2.05, 4.69) is 31.0 Å². The summed E-state index contributed by atoms with van der Waals surface area (Å²) in [4.78, 5) is 13.8. The van der Waals surface area contributed by atoms with Crippen molar-refractivity contribution in [2.24, 2.45) is 0 Å². The van der Waals surface area contributed by atoms with E-state index in [1.54, 1.807) is 0 Å². The number of nitrogens with zero attached hydrogens (tertiary/aromatic N) is 6. The first-order chi connectivity index (χ1) is 13.9. The van der Waals surface area contributed by atoms with Crippen LogP contribution in [-0.2, 0) is 0 Å². The highest BCUT2D eigenvalue weighted by Gasteiger charge is 2.20. The lowest BCUT2D eigenvalue weighted by Gasteiger charge is -2.35. The average molecular weight is 368 g/mol. The summed E-state index contributed by atoms with van der Waals surface area (Å²) in [6.07, 6.45) is 1.87. The maximum absolute atomic E-state index is 4.76. The van der Waals surface area contributed by atoms with Gasteiger partial charge in [0.2, 0.25) is 0 Å². The van der Waals surface area contributed by atoms with E-state index in [-0.39, 0.29) is 0 Å². The van der Waals surface area contributed by atoms with E-state index in [9.17, 15) is 0 Å². The van der Waals surface area contributed by atoms with Crippen molar-refractivity contribution in [2.75, 3.05) is 36.0 Å². The maximum Gasteiger partial charge on any atom is 0.151 e. The number of benzene rings is 2. The van der Waals surface area contributed by atoms with E-state index in [1.165, 1.54) is 0 Å². The van der Waals surface area contributed by atoms with Crippen molar-refractivity contribution in [3.8, 4) is 11.3 Å². The molecular weight excluding hydrogens is 348 g/mol. The number of hydrogen-bond acceptors (Lipinski definition) is 6. The van der Waals surface area contributed by atoms with E-state index < -0.39 is 0 Å². The zero-order valence-electron chi connectivity index (χ0n) is 15.4. The van der Waals surface area contributed by atoms with Crippen molar-refractivity contribution in [3.63, 3.8) is 0 Å². The molecule has 138 valence electrons. The van der Waals surface area contributed by atoms with Crippen LogP contribution < -0.4 is 9.80 Å². The second-order valence-electron chi connectivity index (χ2n) is 6.83. The highest BCUT2D eigenvalue weighted by Crippen LogP contribution is 2.21. The predicted octanol–water partition coefficient (Wildman–Crippen LogP) is 3.41. The minimum Gasteiger partial charge on any atom is -0.352 e. The molecule has 6 nitrogen and oxygen atoms in total. The Hall–Kier alpha value is -3.54. The Balaban J connectivity index is 1.27. The monoisotopic (exact) mass is 368 g/mol. The molecule has 1 aliphatic rings. The fourth-order valence-electron chi connectivity index (χ4n) is 3.52. The molecule has 0 amide bonds. The summed E-state index contributed by atoms with van der Waals surface area (Å²) in [5, 5.41) is 8.85. The minimum absolute atomic E-state index is 0.883. The van der Waals surface area contributed by atoms with Gasteiger partial charge in [0.25, 0.3) is 0 Å². The molecule has 1 fully saturated rings. The summed E-state index contributed by atoms with van der Waals surface area (Å²) in [5.41, 5.74) is 3.85. The number of fused-ring (bicyclic) bond motifs is 1. The van der Waals surface area contributed by atoms with Crippen molar-refractivity contribution in [2.45, 2.75) is 0 Å². The first-order valence-electron chi connectivity index (χ1n) is 9.48. The molecule has 0 saturated carbocycles. The van der Waals surface area contributed by atoms with Crippen LogP contribution in [0.3, 0.4) is 0 Å². The maximum atomic E-state index is 4.76. The van der Waals surface area contributed by atoms with Crippen LogP contribution in [0.15, 0.2) is 72.9 Å². The molecule has 4 aromatic rings. The number of piperazine rings is 1. The van der Waals surface area contributed by atoms with Crippen molar-refractivity contribution in [3.05, 3.63) is 72.9 Å². The molecule has 2 aromatic carbocycles. The molecule has 6 heteroatoms. The molecular formula is C22H20N6. The van der Waals surface area contributed by atoms with Crippen LogP contribution in [0.1, 0.15) is 0 Å². The summed E-state index contributed by atoms with van der Waals surface area (Å²) in [7, 11) is 0. The van der Waals surface area contributed by atoms with Gasteiger partial charge in [-0.15, -0.1) is 10.2 Å². The van der Waals surface area contributed by atoms with Crippen molar-refractivity contribution in [1.82, 2.24) is 20.2 Å². The molecule has 0 aliphatic carbocycles. The van der Waals surface area contributed by atoms with Gasteiger partial charge in [-0.1, -0.05) is 42.5 Å². The second kappa shape index (κ2) is 7.23. The normalized spacial score (nSPS) is 14.4. The molecule has 1 aliphatic heterocycles. The Kier molecular flexibility index (Phi) is 4.29. The Morgan fingerprint density at radius 2 is 1.29 bits per heavy atom. The number of anilines is 2. The lowest BCUT2D eigenvalue weighted by molar-refractivity contribution is 0.638. The van der Waals surface area contributed by atoms with Crippen LogP contribution in [0.4, 0.5) is 11.6 Å². The van der Waals surface area contributed by atoms with Crippen LogP contribution in [0, 0.1) is 0 Å². The topological polar surface area (TPSA) is 58.0 Å². The molecule has 0 spiro atoms. The van der Waals surface area contributed by atoms with Gasteiger partial charge in [-0.25, -0.2) is 4.98 Å². The summed E-state index contributed by atoms with van der Waals surface area (Å²) < 4.78 is 0. The van der Waals surface area contributed by atoms with E-state index in [0.29, 0.717) is 0 Å². The number of para-hydroxylation sites is 2. The Morgan fingerprint density at radius 1 is 0.607 bits per heavy atom. The molecule has 0 bridgehead atoms. The third-order valence-electron chi connectivity index (χ3n) is 5.08. The Labute approximate surface area is 163 Å². The molecule has 0 N–H and O–H groups in total. The van der Waals surface area contributed by atoms with Gasteiger partial charge in [-0.2, -0.15) is 0 Å². The standard InChI is InChI=1S/C22H20N6/c1-2-6-17(7-3-1)18-10-11-21(26-25-18)27-12-14-28(15-13-27)22-16-23-19-8-4-5-9-20(19)24-22/h1-11,16H,12-15H2.